The van der Waals surface area contributed by atoms with Gasteiger partial charge in [0.25, 0.3) is 0 Å². The lowest BCUT2D eigenvalue weighted by molar-refractivity contribution is -0.144. The number of carbonyl (C=O) groups is 4. The van der Waals surface area contributed by atoms with E-state index in [9.17, 15) is 19.2 Å². The maximum Gasteiger partial charge on any atom is 0.333 e. The van der Waals surface area contributed by atoms with Gasteiger partial charge in [0, 0.05) is 6.54 Å². The third-order valence-corrected chi connectivity index (χ3v) is 5.42. The molecule has 9 nitrogen and oxygen atoms in total. The molecule has 162 valence electrons. The van der Waals surface area contributed by atoms with E-state index >= 15 is 0 Å². The van der Waals surface area contributed by atoms with Crippen LogP contribution >= 0.6 is 11.8 Å². The number of nitrogens with two attached hydrogens (primary N) is 1. The SMILES string of the molecule is COC(=O)/C=C1/SCC(=O)N1CCCOC(=O)CC(NC(N)=O)c1ccccc1C. The zero-order valence-electron chi connectivity index (χ0n) is 16.9. The van der Waals surface area contributed by atoms with Gasteiger partial charge in [-0.25, -0.2) is 9.59 Å². The minimum atomic E-state index is -0.731. The van der Waals surface area contributed by atoms with E-state index in [0.29, 0.717) is 18.0 Å². The molecule has 1 atom stereocenters. The largest absolute Gasteiger partial charge is 0.466 e. The van der Waals surface area contributed by atoms with Crippen LogP contribution in [0.5, 0.6) is 0 Å². The van der Waals surface area contributed by atoms with Crippen molar-refractivity contribution in [3.05, 3.63) is 46.5 Å². The first kappa shape index (κ1) is 23.3. The zero-order valence-corrected chi connectivity index (χ0v) is 17.7. The van der Waals surface area contributed by atoms with Crippen molar-refractivity contribution in [2.45, 2.75) is 25.8 Å². The molecule has 1 aliphatic rings. The van der Waals surface area contributed by atoms with Gasteiger partial charge in [0.2, 0.25) is 5.91 Å². The average Bonchev–Trinajstić information content (AvgIpc) is 3.04. The highest BCUT2D eigenvalue weighted by atomic mass is 32.2. The highest BCUT2D eigenvalue weighted by Crippen LogP contribution is 2.29. The molecule has 0 bridgehead atoms. The van der Waals surface area contributed by atoms with E-state index in [1.54, 1.807) is 0 Å². The number of hydrogen-bond acceptors (Lipinski definition) is 7. The Hall–Kier alpha value is -3.01. The first-order valence-electron chi connectivity index (χ1n) is 9.31. The van der Waals surface area contributed by atoms with Crippen molar-refractivity contribution in [2.24, 2.45) is 5.73 Å². The number of aryl methyl sites for hydroxylation is 1. The summed E-state index contributed by atoms with van der Waals surface area (Å²) < 4.78 is 9.85. The molecule has 1 aromatic carbocycles. The zero-order chi connectivity index (χ0) is 22.1. The fourth-order valence-corrected chi connectivity index (χ4v) is 3.91. The van der Waals surface area contributed by atoms with E-state index in [1.807, 2.05) is 31.2 Å². The minimum Gasteiger partial charge on any atom is -0.466 e. The molecule has 3 N–H and O–H groups in total. The number of methoxy groups -OCH3 is 1. The van der Waals surface area contributed by atoms with Crippen LogP contribution in [0, 0.1) is 6.92 Å². The smallest absolute Gasteiger partial charge is 0.333 e. The predicted octanol–water partition coefficient (Wildman–Crippen LogP) is 1.62. The van der Waals surface area contributed by atoms with E-state index in [4.69, 9.17) is 10.5 Å². The van der Waals surface area contributed by atoms with Crippen LogP contribution in [-0.4, -0.2) is 54.8 Å². The number of thioether (sulfide) groups is 1. The van der Waals surface area contributed by atoms with Crippen LogP contribution in [0.25, 0.3) is 0 Å². The monoisotopic (exact) mass is 435 g/mol. The van der Waals surface area contributed by atoms with Gasteiger partial charge in [-0.15, -0.1) is 0 Å². The molecule has 0 radical (unpaired) electrons. The average molecular weight is 436 g/mol. The molecule has 1 unspecified atom stereocenters. The van der Waals surface area contributed by atoms with Crippen molar-refractivity contribution in [3.63, 3.8) is 0 Å². The van der Waals surface area contributed by atoms with Crippen molar-refractivity contribution in [2.75, 3.05) is 26.0 Å². The van der Waals surface area contributed by atoms with Crippen LogP contribution in [0.1, 0.15) is 30.0 Å². The molecule has 0 aliphatic carbocycles. The summed E-state index contributed by atoms with van der Waals surface area (Å²) in [4.78, 5) is 48.4. The molecule has 2 rings (SSSR count). The lowest BCUT2D eigenvalue weighted by atomic mass is 9.99. The van der Waals surface area contributed by atoms with E-state index in [0.717, 1.165) is 11.1 Å². The van der Waals surface area contributed by atoms with Gasteiger partial charge in [-0.05, 0) is 24.5 Å². The van der Waals surface area contributed by atoms with E-state index < -0.39 is 24.0 Å². The maximum absolute atomic E-state index is 12.3. The number of rotatable bonds is 9. The Labute approximate surface area is 178 Å². The normalized spacial score (nSPS) is 15.7. The number of benzene rings is 1. The van der Waals surface area contributed by atoms with Gasteiger partial charge in [0.15, 0.2) is 0 Å². The van der Waals surface area contributed by atoms with Gasteiger partial charge in [-0.2, -0.15) is 0 Å². The summed E-state index contributed by atoms with van der Waals surface area (Å²) in [6.45, 7) is 2.28. The molecule has 0 spiro atoms. The number of esters is 2. The Morgan fingerprint density at radius 2 is 2.07 bits per heavy atom. The maximum atomic E-state index is 12.3. The van der Waals surface area contributed by atoms with Gasteiger partial charge in [-0.3, -0.25) is 9.59 Å². The topological polar surface area (TPSA) is 128 Å². The second-order valence-corrected chi connectivity index (χ2v) is 7.53. The molecule has 1 aromatic rings. The predicted molar refractivity (Wildman–Crippen MR) is 111 cm³/mol. The van der Waals surface area contributed by atoms with Crippen molar-refractivity contribution >= 4 is 35.6 Å². The molecule has 0 aromatic heterocycles. The quantitative estimate of drug-likeness (QED) is 0.343. The number of urea groups is 1. The highest BCUT2D eigenvalue weighted by Gasteiger charge is 2.27. The highest BCUT2D eigenvalue weighted by molar-refractivity contribution is 8.04. The summed E-state index contributed by atoms with van der Waals surface area (Å²) in [6, 6.07) is 6.04. The fraction of sp³-hybridized carbons (Fsp3) is 0.400. The Balaban J connectivity index is 1.86. The van der Waals surface area contributed by atoms with Crippen LogP contribution in [0.4, 0.5) is 4.79 Å². The van der Waals surface area contributed by atoms with Crippen molar-refractivity contribution < 1.29 is 28.7 Å². The Kier molecular flexibility index (Phi) is 8.72. The molecule has 3 amide bonds. The Bertz CT molecular complexity index is 842. The number of primary amides is 1. The number of carbonyl (C=O) groups excluding carboxylic acids is 4. The van der Waals surface area contributed by atoms with Crippen LogP contribution in [-0.2, 0) is 23.9 Å². The van der Waals surface area contributed by atoms with Gasteiger partial charge >= 0.3 is 18.0 Å². The summed E-state index contributed by atoms with van der Waals surface area (Å²) in [5.74, 6) is -0.900. The molecule has 1 saturated heterocycles. The first-order valence-corrected chi connectivity index (χ1v) is 10.3. The van der Waals surface area contributed by atoms with Crippen LogP contribution in [0.15, 0.2) is 35.4 Å². The third-order valence-electron chi connectivity index (χ3n) is 4.39. The summed E-state index contributed by atoms with van der Waals surface area (Å²) >= 11 is 1.26. The summed E-state index contributed by atoms with van der Waals surface area (Å²) in [5.41, 5.74) is 6.94. The van der Waals surface area contributed by atoms with Crippen molar-refractivity contribution in [3.8, 4) is 0 Å². The molecular weight excluding hydrogens is 410 g/mol. The van der Waals surface area contributed by atoms with E-state index in [1.165, 1.54) is 29.8 Å². The van der Waals surface area contributed by atoms with Gasteiger partial charge < -0.3 is 25.4 Å². The van der Waals surface area contributed by atoms with E-state index in [-0.39, 0.29) is 24.7 Å². The number of nitrogens with one attached hydrogen (secondary N) is 1. The second kappa shape index (κ2) is 11.2. The summed E-state index contributed by atoms with van der Waals surface area (Å²) in [5, 5.41) is 3.09. The number of hydrogen-bond donors (Lipinski definition) is 2. The lowest BCUT2D eigenvalue weighted by Crippen LogP contribution is -2.35. The molecule has 30 heavy (non-hydrogen) atoms. The second-order valence-electron chi connectivity index (χ2n) is 6.54. The molecule has 10 heteroatoms. The number of ether oxygens (including phenoxy) is 2. The van der Waals surface area contributed by atoms with Gasteiger partial charge in [0.1, 0.15) is 0 Å². The lowest BCUT2D eigenvalue weighted by Gasteiger charge is -2.20. The van der Waals surface area contributed by atoms with Crippen molar-refractivity contribution in [1.29, 1.82) is 0 Å². The van der Waals surface area contributed by atoms with Crippen LogP contribution in [0.3, 0.4) is 0 Å². The summed E-state index contributed by atoms with van der Waals surface area (Å²) in [6.07, 6.45) is 1.60. The van der Waals surface area contributed by atoms with Gasteiger partial charge in [-0.1, -0.05) is 36.0 Å². The standard InChI is InChI=1S/C20H25N3O6S/c1-13-6-3-4-7-14(13)15(22-20(21)27)10-19(26)29-9-5-8-23-16(24)12-30-17(23)11-18(25)28-2/h3-4,6-7,11,15H,5,8-10,12H2,1-2H3,(H3,21,22,27)/b17-11+. The third kappa shape index (κ3) is 6.80. The molecular formula is C20H25N3O6S. The molecule has 1 heterocycles. The first-order chi connectivity index (χ1) is 14.3. The number of amides is 3. The number of nitrogens with zero attached hydrogens (tertiary/aromatic N) is 1. The van der Waals surface area contributed by atoms with Gasteiger partial charge in [0.05, 0.1) is 43.0 Å². The van der Waals surface area contributed by atoms with Crippen molar-refractivity contribution in [1.82, 2.24) is 10.2 Å². The van der Waals surface area contributed by atoms with Crippen LogP contribution in [0.2, 0.25) is 0 Å². The summed E-state index contributed by atoms with van der Waals surface area (Å²) in [7, 11) is 1.27. The Morgan fingerprint density at radius 1 is 1.33 bits per heavy atom. The van der Waals surface area contributed by atoms with Crippen LogP contribution < -0.4 is 11.1 Å². The van der Waals surface area contributed by atoms with E-state index in [2.05, 4.69) is 10.1 Å². The Morgan fingerprint density at radius 3 is 2.73 bits per heavy atom. The minimum absolute atomic E-state index is 0.0697. The molecule has 1 fully saturated rings. The fourth-order valence-electron chi connectivity index (χ4n) is 2.95. The molecule has 1 aliphatic heterocycles. The molecule has 0 saturated carbocycles.